The summed E-state index contributed by atoms with van der Waals surface area (Å²) in [5.41, 5.74) is 3.19. The molecule has 0 aliphatic carbocycles. The molecule has 714 valence electrons. The molecule has 2 fully saturated rings. The number of piperidine rings is 2. The SMILES string of the molecule is CCC1=C(C(=O)NCCCN2CCC(C(=O)OC)(c3ccccc3)CC2)C(c2ccc(F)c(F)c2)N(C(=O)OC)C(=O)N1.CCC1=C(C(=O)O)C(c2ccc(F)c(F)c2)N(C(=O)OC)C(=O)N1.CCC1=C(C(C)=O)C(c2ccc(F)c(F)c2)N(C(=O)OC)C(OC)=N1.CCC1=C(C(C)=O)C(c2ccc(F)c(F)c2)N=C(OC)N1.CCCCN1CCC(C(=O)OC)(c2ccccc2)CC1. The maximum atomic E-state index is 14.2. The molecule has 0 spiro atoms. The molecule has 38 heteroatoms. The van der Waals surface area contributed by atoms with Gasteiger partial charge in [-0.3, -0.25) is 24.0 Å². The minimum absolute atomic E-state index is 0.0298. The molecule has 0 saturated carbocycles. The number of amidine groups is 2. The number of hydrogen-bond acceptors (Lipinski definition) is 23. The molecule has 8 amide bonds. The first-order chi connectivity index (χ1) is 63.5. The van der Waals surface area contributed by atoms with Gasteiger partial charge in [-0.05, 0) is 199 Å². The number of carboxylic acid groups (broad SMARTS) is 1. The van der Waals surface area contributed by atoms with Crippen LogP contribution < -0.4 is 21.3 Å². The van der Waals surface area contributed by atoms with Gasteiger partial charge >= 0.3 is 54.3 Å². The third-order valence-corrected chi connectivity index (χ3v) is 23.2. The van der Waals surface area contributed by atoms with Crippen molar-refractivity contribution in [3.05, 3.63) is 258 Å². The number of nitrogens with one attached hydrogen (secondary N) is 4. The highest BCUT2D eigenvalue weighted by Gasteiger charge is 2.49. The van der Waals surface area contributed by atoms with Crippen LogP contribution in [0.15, 0.2) is 189 Å². The second kappa shape index (κ2) is 48.5. The highest BCUT2D eigenvalue weighted by molar-refractivity contribution is 6.04. The zero-order valence-electron chi connectivity index (χ0n) is 76.2. The molecule has 6 aliphatic rings. The number of halogens is 8. The van der Waals surface area contributed by atoms with Crippen LogP contribution in [0.25, 0.3) is 0 Å². The lowest BCUT2D eigenvalue weighted by atomic mass is 9.72. The van der Waals surface area contributed by atoms with Crippen LogP contribution in [0.5, 0.6) is 0 Å². The van der Waals surface area contributed by atoms with E-state index in [1.54, 1.807) is 20.8 Å². The Morgan fingerprint density at radius 1 is 0.436 bits per heavy atom. The van der Waals surface area contributed by atoms with E-state index in [2.05, 4.69) is 64.8 Å². The molecule has 12 rings (SSSR count). The van der Waals surface area contributed by atoms with Crippen molar-refractivity contribution >= 4 is 77.8 Å². The zero-order chi connectivity index (χ0) is 97.9. The quantitative estimate of drug-likeness (QED) is 0.0172. The number of benzene rings is 6. The van der Waals surface area contributed by atoms with Crippen LogP contribution in [0, 0.1) is 46.5 Å². The molecule has 4 unspecified atom stereocenters. The Morgan fingerprint density at radius 2 is 0.805 bits per heavy atom. The number of carbonyl (C=O) groups excluding carboxylic acids is 10. The van der Waals surface area contributed by atoms with Crippen molar-refractivity contribution in [2.75, 3.05) is 95.6 Å². The molecule has 6 aromatic carbocycles. The predicted octanol–water partition coefficient (Wildman–Crippen LogP) is 15.9. The van der Waals surface area contributed by atoms with Crippen LogP contribution >= 0.6 is 0 Å². The molecular weight excluding hydrogens is 1750 g/mol. The maximum absolute atomic E-state index is 14.2. The summed E-state index contributed by atoms with van der Waals surface area (Å²) in [6.07, 6.45) is 4.26. The number of unbranched alkanes of at least 4 members (excludes halogenated alkanes) is 1. The number of Topliss-reactive ketones (excluding diaryl/α,β-unsaturated/α-hetero) is 2. The molecule has 0 bridgehead atoms. The second-order valence-corrected chi connectivity index (χ2v) is 30.9. The molecule has 6 heterocycles. The highest BCUT2D eigenvalue weighted by atomic mass is 19.2. The molecule has 30 nitrogen and oxygen atoms in total. The van der Waals surface area contributed by atoms with E-state index in [4.69, 9.17) is 28.4 Å². The molecule has 0 radical (unpaired) electrons. The number of methoxy groups -OCH3 is 7. The Balaban J connectivity index is 0.000000212. The number of rotatable bonds is 23. The Kier molecular flexibility index (Phi) is 38.2. The topological polar surface area (TPSA) is 362 Å². The number of imide groups is 2. The maximum Gasteiger partial charge on any atom is 0.418 e. The van der Waals surface area contributed by atoms with Gasteiger partial charge in [-0.1, -0.05) is 126 Å². The third-order valence-electron chi connectivity index (χ3n) is 23.2. The summed E-state index contributed by atoms with van der Waals surface area (Å²) < 4.78 is 143. The van der Waals surface area contributed by atoms with Crippen LogP contribution in [0.2, 0.25) is 0 Å². The number of ether oxygens (including phenoxy) is 7. The van der Waals surface area contributed by atoms with E-state index in [0.717, 1.165) is 124 Å². The first-order valence-electron chi connectivity index (χ1n) is 42.8. The molecule has 5 N–H and O–H groups in total. The van der Waals surface area contributed by atoms with Gasteiger partial charge < -0.3 is 69.3 Å². The number of aliphatic carboxylic acids is 1. The van der Waals surface area contributed by atoms with E-state index in [0.29, 0.717) is 84.1 Å². The Labute approximate surface area is 764 Å². The van der Waals surface area contributed by atoms with Crippen LogP contribution in [-0.4, -0.2) is 203 Å². The summed E-state index contributed by atoms with van der Waals surface area (Å²) in [7, 11) is 8.90. The lowest BCUT2D eigenvalue weighted by Crippen LogP contribution is -2.52. The van der Waals surface area contributed by atoms with Gasteiger partial charge in [0.05, 0.1) is 77.4 Å². The van der Waals surface area contributed by atoms with Gasteiger partial charge in [0.15, 0.2) is 58.1 Å². The van der Waals surface area contributed by atoms with Crippen LogP contribution in [0.4, 0.5) is 59.1 Å². The van der Waals surface area contributed by atoms with E-state index in [9.17, 15) is 93.0 Å². The van der Waals surface area contributed by atoms with Crippen molar-refractivity contribution in [1.82, 2.24) is 45.8 Å². The number of amides is 8. The van der Waals surface area contributed by atoms with Gasteiger partial charge in [0.1, 0.15) is 24.2 Å². The number of carbonyl (C=O) groups is 11. The number of aliphatic imine (C=N–C) groups is 2. The average Bonchev–Trinajstić information content (AvgIpc) is 0.780. The number of carboxylic acids is 1. The van der Waals surface area contributed by atoms with Gasteiger partial charge in [-0.2, -0.15) is 0 Å². The third kappa shape index (κ3) is 24.6. The first-order valence-corrected chi connectivity index (χ1v) is 42.8. The largest absolute Gasteiger partial charge is 0.478 e. The summed E-state index contributed by atoms with van der Waals surface area (Å²) in [6, 6.07) is 25.8. The minimum Gasteiger partial charge on any atom is -0.478 e. The van der Waals surface area contributed by atoms with Gasteiger partial charge in [-0.15, -0.1) is 0 Å². The van der Waals surface area contributed by atoms with E-state index in [1.165, 1.54) is 73.3 Å². The Bertz CT molecular complexity index is 5470. The van der Waals surface area contributed by atoms with Crippen LogP contribution in [-0.2, 0) is 72.8 Å². The lowest BCUT2D eigenvalue weighted by Gasteiger charge is -2.40. The first kappa shape index (κ1) is 105. The van der Waals surface area contributed by atoms with Crippen molar-refractivity contribution in [2.24, 2.45) is 9.98 Å². The molecule has 6 aromatic rings. The number of allylic oxidation sites excluding steroid dienone is 4. The van der Waals surface area contributed by atoms with Gasteiger partial charge in [0.25, 0.3) is 11.9 Å². The van der Waals surface area contributed by atoms with E-state index < -0.39 is 124 Å². The summed E-state index contributed by atoms with van der Waals surface area (Å²) in [4.78, 5) is 152. The second-order valence-electron chi connectivity index (χ2n) is 30.9. The Hall–Kier alpha value is -13.7. The van der Waals surface area contributed by atoms with Crippen molar-refractivity contribution < 1.29 is 126 Å². The fourth-order valence-corrected chi connectivity index (χ4v) is 16.4. The fraction of sp³-hybridized carbons (Fsp3) is 0.400. The number of likely N-dealkylation sites (tertiary alicyclic amines) is 2. The van der Waals surface area contributed by atoms with Crippen molar-refractivity contribution in [1.29, 1.82) is 0 Å². The lowest BCUT2D eigenvalue weighted by molar-refractivity contribution is -0.150. The normalized spacial score (nSPS) is 18.1. The number of ketones is 2. The monoisotopic (exact) mass is 1860 g/mol. The van der Waals surface area contributed by atoms with Gasteiger partial charge in [0, 0.05) is 34.8 Å². The number of urea groups is 2. The molecule has 2 saturated heterocycles. The zero-order valence-corrected chi connectivity index (χ0v) is 76.2. The summed E-state index contributed by atoms with van der Waals surface area (Å²) in [6.45, 7) is 17.3. The standard InChI is InChI=1S/C31H36F2N4O6.C17H18F2N2O4.C17H25NO2.C15H14F2N2O5.C15H16F2N2O2/c1-4-24-25(26(20-11-12-22(32)23(33)19-20)37(29(40)35-24)30(41)43-3)27(38)34-15-8-16-36-17-13-31(14-18-36,28(39)42-2)21-9-6-5-7-10-21;1-5-13-14(9(2)22)15(10-6-7-11(18)12(19)8-10)21(17(23)25-4)16(20-13)24-3;1-3-4-12-18-13-10-17(11-14-18,16(19)20-2)15-8-6-5-7-9-15;1-3-10-11(13(20)21)12(7-4-5-8(16)9(17)6-7)19(14(22)18-10)15(23)24-2;1-4-12-13(8(2)20)14(19-15(18-12)21-3)9-5-6-10(16)11(17)7-9/h5-7,9-12,19,26H,4,8,13-18H2,1-3H3,(H,34,38)(H,35,40);6-8,15H,5H2,1-4H3;5-9H,3-4,10-14H2,1-2H3;4-6,12H,3H2,1-2H3,(H,18,22)(H,20,21);5-7,14H,4H2,1-3H3,(H,18,19). The minimum atomic E-state index is -1.45. The molecule has 0 aromatic heterocycles. The summed E-state index contributed by atoms with van der Waals surface area (Å²) >= 11 is 0. The number of nitrogens with zero attached hydrogens (tertiary/aromatic N) is 7. The average molecular weight is 1860 g/mol. The number of hydrogen-bond donors (Lipinski definition) is 5. The smallest absolute Gasteiger partial charge is 0.418 e. The molecular formula is C95H109F8N11O19. The molecule has 4 atom stereocenters. The Morgan fingerprint density at radius 3 is 1.16 bits per heavy atom. The molecule has 133 heavy (non-hydrogen) atoms. The summed E-state index contributed by atoms with van der Waals surface area (Å²) in [5.74, 6) is -11.5. The number of esters is 2. The van der Waals surface area contributed by atoms with Gasteiger partial charge in [0.2, 0.25) is 0 Å². The summed E-state index contributed by atoms with van der Waals surface area (Å²) in [5, 5.41) is 20.1. The van der Waals surface area contributed by atoms with Crippen molar-refractivity contribution in [3.63, 3.8) is 0 Å². The highest BCUT2D eigenvalue weighted by Crippen LogP contribution is 2.43. The van der Waals surface area contributed by atoms with Crippen molar-refractivity contribution in [2.45, 2.75) is 154 Å². The fourth-order valence-electron chi connectivity index (χ4n) is 16.4. The van der Waals surface area contributed by atoms with Crippen molar-refractivity contribution in [3.8, 4) is 0 Å². The van der Waals surface area contributed by atoms with E-state index in [-0.39, 0.29) is 99.7 Å². The molecule has 6 aliphatic heterocycles. The van der Waals surface area contributed by atoms with E-state index >= 15 is 0 Å². The van der Waals surface area contributed by atoms with Gasteiger partial charge in [-0.25, -0.2) is 88.6 Å². The predicted molar refractivity (Wildman–Crippen MR) is 471 cm³/mol. The van der Waals surface area contributed by atoms with Crippen LogP contribution in [0.1, 0.15) is 177 Å². The van der Waals surface area contributed by atoms with E-state index in [1.807, 2.05) is 55.5 Å². The van der Waals surface area contributed by atoms with Crippen LogP contribution in [0.3, 0.4) is 0 Å².